The lowest BCUT2D eigenvalue weighted by Gasteiger charge is -2.32. The molecule has 1 saturated heterocycles. The number of benzene rings is 1. The third-order valence-corrected chi connectivity index (χ3v) is 6.90. The predicted molar refractivity (Wildman–Crippen MR) is 155 cm³/mol. The minimum atomic E-state index is -0.903. The van der Waals surface area contributed by atoms with Crippen LogP contribution in [0.4, 0.5) is 0 Å². The van der Waals surface area contributed by atoms with Crippen LogP contribution in [0, 0.1) is 5.41 Å². The number of methoxy groups -OCH3 is 1. The SMILES string of the molecule is CC/C=C(NCc1ccc(COC)c(CC)c1)\C(C=N)=C(/C=C(C)C)c1ccc(C2(O)CCOCC2)cn1. The number of nitrogens with one attached hydrogen (secondary N) is 2. The Bertz CT molecular complexity index is 1170. The largest absolute Gasteiger partial charge is 0.385 e. The van der Waals surface area contributed by atoms with Gasteiger partial charge in [-0.3, -0.25) is 4.98 Å². The molecule has 204 valence electrons. The highest BCUT2D eigenvalue weighted by Gasteiger charge is 2.32. The summed E-state index contributed by atoms with van der Waals surface area (Å²) in [4.78, 5) is 4.76. The second-order valence-electron chi connectivity index (χ2n) is 10.0. The fourth-order valence-electron chi connectivity index (χ4n) is 4.80. The van der Waals surface area contributed by atoms with Crippen LogP contribution in [-0.4, -0.2) is 36.6 Å². The first kappa shape index (κ1) is 29.5. The first-order chi connectivity index (χ1) is 18.3. The van der Waals surface area contributed by atoms with Crippen molar-refractivity contribution in [3.05, 3.63) is 93.5 Å². The molecule has 3 N–H and O–H groups in total. The van der Waals surface area contributed by atoms with Crippen LogP contribution in [0.25, 0.3) is 5.57 Å². The van der Waals surface area contributed by atoms with Crippen molar-refractivity contribution in [2.75, 3.05) is 20.3 Å². The maximum absolute atomic E-state index is 11.1. The summed E-state index contributed by atoms with van der Waals surface area (Å²) in [5.41, 5.74) is 8.04. The summed E-state index contributed by atoms with van der Waals surface area (Å²) in [7, 11) is 1.72. The van der Waals surface area contributed by atoms with Crippen molar-refractivity contribution in [3.8, 4) is 0 Å². The molecule has 2 aromatic rings. The summed E-state index contributed by atoms with van der Waals surface area (Å²) < 4.78 is 10.8. The molecule has 0 unspecified atom stereocenters. The van der Waals surface area contributed by atoms with Crippen molar-refractivity contribution in [1.82, 2.24) is 10.3 Å². The summed E-state index contributed by atoms with van der Waals surface area (Å²) in [6, 6.07) is 10.4. The molecule has 0 atom stereocenters. The Balaban J connectivity index is 1.95. The third-order valence-electron chi connectivity index (χ3n) is 6.90. The highest BCUT2D eigenvalue weighted by atomic mass is 16.5. The van der Waals surface area contributed by atoms with E-state index in [1.54, 1.807) is 13.3 Å². The highest BCUT2D eigenvalue weighted by Crippen LogP contribution is 2.32. The smallest absolute Gasteiger partial charge is 0.0955 e. The van der Waals surface area contributed by atoms with E-state index in [1.807, 2.05) is 26.0 Å². The molecule has 3 rings (SSSR count). The van der Waals surface area contributed by atoms with Gasteiger partial charge in [-0.05, 0) is 49.4 Å². The normalized spacial score (nSPS) is 16.0. The van der Waals surface area contributed by atoms with E-state index in [0.29, 0.717) is 39.2 Å². The van der Waals surface area contributed by atoms with Crippen molar-refractivity contribution < 1.29 is 14.6 Å². The van der Waals surface area contributed by atoms with Crippen LogP contribution in [-0.2, 0) is 34.6 Å². The van der Waals surface area contributed by atoms with Crippen LogP contribution in [0.2, 0.25) is 0 Å². The van der Waals surface area contributed by atoms with Gasteiger partial charge in [0.1, 0.15) is 0 Å². The fraction of sp³-hybridized carbons (Fsp3) is 0.438. The number of allylic oxidation sites excluding steroid dienone is 5. The molecule has 0 spiro atoms. The number of aliphatic hydroxyl groups is 1. The van der Waals surface area contributed by atoms with Gasteiger partial charge in [-0.1, -0.05) is 55.8 Å². The zero-order valence-electron chi connectivity index (χ0n) is 23.6. The van der Waals surface area contributed by atoms with Crippen LogP contribution < -0.4 is 5.32 Å². The summed E-state index contributed by atoms with van der Waals surface area (Å²) in [6.45, 7) is 10.7. The molecule has 0 radical (unpaired) electrons. The Labute approximate surface area is 228 Å². The Hall–Kier alpha value is -3.06. The molecule has 6 nitrogen and oxygen atoms in total. The van der Waals surface area contributed by atoms with E-state index >= 15 is 0 Å². The van der Waals surface area contributed by atoms with E-state index in [-0.39, 0.29) is 0 Å². The van der Waals surface area contributed by atoms with E-state index in [0.717, 1.165) is 46.5 Å². The molecular formula is C32H43N3O3. The van der Waals surface area contributed by atoms with Crippen LogP contribution in [0.3, 0.4) is 0 Å². The number of aryl methyl sites for hydroxylation is 1. The number of hydrogen-bond acceptors (Lipinski definition) is 6. The van der Waals surface area contributed by atoms with Crippen molar-refractivity contribution in [2.24, 2.45) is 0 Å². The number of rotatable bonds is 12. The molecule has 1 aromatic heterocycles. The number of ether oxygens (including phenoxy) is 2. The summed E-state index contributed by atoms with van der Waals surface area (Å²) >= 11 is 0. The van der Waals surface area contributed by atoms with Gasteiger partial charge in [-0.2, -0.15) is 0 Å². The van der Waals surface area contributed by atoms with Gasteiger partial charge < -0.3 is 25.3 Å². The van der Waals surface area contributed by atoms with Gasteiger partial charge in [0.05, 0.1) is 17.9 Å². The quantitative estimate of drug-likeness (QED) is 0.229. The van der Waals surface area contributed by atoms with Gasteiger partial charge >= 0.3 is 0 Å². The minimum absolute atomic E-state index is 0.546. The molecule has 1 aromatic carbocycles. The number of nitrogens with zero attached hydrogens (tertiary/aromatic N) is 1. The zero-order chi connectivity index (χ0) is 27.5. The van der Waals surface area contributed by atoms with E-state index in [9.17, 15) is 5.11 Å². The molecule has 0 aliphatic carbocycles. The first-order valence-corrected chi connectivity index (χ1v) is 13.6. The van der Waals surface area contributed by atoms with Gasteiger partial charge in [-0.15, -0.1) is 0 Å². The van der Waals surface area contributed by atoms with Crippen molar-refractivity contribution >= 4 is 11.8 Å². The molecule has 2 heterocycles. The maximum atomic E-state index is 11.1. The minimum Gasteiger partial charge on any atom is -0.385 e. The lowest BCUT2D eigenvalue weighted by atomic mass is 9.87. The fourth-order valence-corrected chi connectivity index (χ4v) is 4.80. The van der Waals surface area contributed by atoms with E-state index in [1.165, 1.54) is 22.9 Å². The molecule has 1 fully saturated rings. The monoisotopic (exact) mass is 517 g/mol. The lowest BCUT2D eigenvalue weighted by molar-refractivity contribution is -0.0681. The van der Waals surface area contributed by atoms with Crippen LogP contribution in [0.5, 0.6) is 0 Å². The third kappa shape index (κ3) is 7.50. The van der Waals surface area contributed by atoms with Crippen molar-refractivity contribution in [2.45, 2.75) is 72.1 Å². The van der Waals surface area contributed by atoms with Crippen molar-refractivity contribution in [1.29, 1.82) is 5.41 Å². The predicted octanol–water partition coefficient (Wildman–Crippen LogP) is 6.24. The standard InChI is InChI=1S/C32H43N3O3/c1-6-8-30(34-20-24-9-10-26(22-37-5)25(7-2)18-24)29(19-33)28(17-23(3)4)31-12-11-27(21-35-31)32(36)13-15-38-16-14-32/h8-12,17-19,21,33-34,36H,6-7,13-16,20,22H2,1-5H3/b29-28+,30-8+,33-19?. The second kappa shape index (κ2) is 14.2. The van der Waals surface area contributed by atoms with Gasteiger partial charge in [0.2, 0.25) is 0 Å². The molecule has 6 heteroatoms. The maximum Gasteiger partial charge on any atom is 0.0955 e. The second-order valence-corrected chi connectivity index (χ2v) is 10.0. The van der Waals surface area contributed by atoms with Crippen molar-refractivity contribution in [3.63, 3.8) is 0 Å². The van der Waals surface area contributed by atoms with Crippen LogP contribution in [0.15, 0.2) is 65.5 Å². The molecule has 0 bridgehead atoms. The molecular weight excluding hydrogens is 474 g/mol. The van der Waals surface area contributed by atoms with Gasteiger partial charge in [-0.25, -0.2) is 0 Å². The molecule has 0 saturated carbocycles. The zero-order valence-corrected chi connectivity index (χ0v) is 23.6. The van der Waals surface area contributed by atoms with E-state index in [4.69, 9.17) is 19.9 Å². The Kier molecular flexibility index (Phi) is 11.0. The number of pyridine rings is 1. The van der Waals surface area contributed by atoms with Gasteiger partial charge in [0, 0.05) is 74.5 Å². The Morgan fingerprint density at radius 2 is 1.92 bits per heavy atom. The van der Waals surface area contributed by atoms with E-state index in [2.05, 4.69) is 49.5 Å². The number of aromatic nitrogens is 1. The molecule has 0 amide bonds. The van der Waals surface area contributed by atoms with Crippen LogP contribution >= 0.6 is 0 Å². The first-order valence-electron chi connectivity index (χ1n) is 13.6. The summed E-state index contributed by atoms with van der Waals surface area (Å²) in [5, 5.41) is 23.0. The molecule has 38 heavy (non-hydrogen) atoms. The highest BCUT2D eigenvalue weighted by molar-refractivity contribution is 5.97. The average Bonchev–Trinajstić information content (AvgIpc) is 2.92. The Morgan fingerprint density at radius 1 is 1.16 bits per heavy atom. The molecule has 1 aliphatic heterocycles. The number of hydrogen-bond donors (Lipinski definition) is 3. The topological polar surface area (TPSA) is 87.5 Å². The van der Waals surface area contributed by atoms with E-state index < -0.39 is 5.60 Å². The average molecular weight is 518 g/mol. The Morgan fingerprint density at radius 3 is 2.50 bits per heavy atom. The summed E-state index contributed by atoms with van der Waals surface area (Å²) in [5.74, 6) is 0. The summed E-state index contributed by atoms with van der Waals surface area (Å²) in [6.07, 6.45) is 10.3. The van der Waals surface area contributed by atoms with Gasteiger partial charge in [0.25, 0.3) is 0 Å². The molecule has 1 aliphatic rings. The lowest BCUT2D eigenvalue weighted by Crippen LogP contribution is -2.33. The van der Waals surface area contributed by atoms with Gasteiger partial charge in [0.15, 0.2) is 0 Å². The van der Waals surface area contributed by atoms with Crippen LogP contribution in [0.1, 0.15) is 74.9 Å².